The van der Waals surface area contributed by atoms with Gasteiger partial charge in [-0.1, -0.05) is 175 Å². The first-order chi connectivity index (χ1) is 31.7. The van der Waals surface area contributed by atoms with Gasteiger partial charge in [0.05, 0.1) is 18.3 Å². The Bertz CT molecular complexity index is 1180. The van der Waals surface area contributed by atoms with E-state index in [9.17, 15) is 19.5 Å². The van der Waals surface area contributed by atoms with Gasteiger partial charge in [0.15, 0.2) is 0 Å². The highest BCUT2D eigenvalue weighted by Crippen LogP contribution is 2.19. The minimum Gasteiger partial charge on any atom is -0.466 e. The summed E-state index contributed by atoms with van der Waals surface area (Å²) in [6.07, 6.45) is 44.4. The summed E-state index contributed by atoms with van der Waals surface area (Å²) in [7, 11) is 0. The molecule has 0 aliphatic heterocycles. The van der Waals surface area contributed by atoms with Crippen LogP contribution in [-0.2, 0) is 19.1 Å². The van der Waals surface area contributed by atoms with Crippen LogP contribution in [0.2, 0.25) is 0 Å². The molecular weight excluding hydrogens is 811 g/mol. The smallest absolute Gasteiger partial charge is 0.306 e. The molecule has 1 atom stereocenters. The second kappa shape index (κ2) is 45.4. The molecule has 1 aromatic heterocycles. The lowest BCUT2D eigenvalue weighted by molar-refractivity contribution is -0.150. The van der Waals surface area contributed by atoms with E-state index in [1.165, 1.54) is 116 Å². The molecule has 0 saturated heterocycles. The molecule has 1 heterocycles. The first-order valence-corrected chi connectivity index (χ1v) is 27.9. The maximum absolute atomic E-state index is 12.9. The van der Waals surface area contributed by atoms with Crippen LogP contribution in [0.25, 0.3) is 0 Å². The molecule has 1 aromatic rings. The third-order valence-electron chi connectivity index (χ3n) is 13.0. The van der Waals surface area contributed by atoms with Gasteiger partial charge in [0.1, 0.15) is 6.10 Å². The number of aliphatic hydroxyl groups is 1. The summed E-state index contributed by atoms with van der Waals surface area (Å²) in [5.74, 6) is 0.668. The molecule has 9 nitrogen and oxygen atoms in total. The Balaban J connectivity index is 2.37. The number of H-pyrrole nitrogens is 1. The molecule has 1 amide bonds. The van der Waals surface area contributed by atoms with Crippen LogP contribution in [-0.4, -0.2) is 77.8 Å². The van der Waals surface area contributed by atoms with Gasteiger partial charge < -0.3 is 29.8 Å². The molecule has 0 aromatic carbocycles. The van der Waals surface area contributed by atoms with Gasteiger partial charge in [-0.2, -0.15) is 0 Å². The number of unbranched alkanes of at least 4 members (excludes halogenated alkanes) is 25. The van der Waals surface area contributed by atoms with Crippen LogP contribution in [0.4, 0.5) is 0 Å². The molecule has 1 unspecified atom stereocenters. The number of carbonyl (C=O) groups excluding carboxylic acids is 3. The second-order valence-corrected chi connectivity index (χ2v) is 19.9. The molecule has 0 radical (unpaired) electrons. The van der Waals surface area contributed by atoms with Crippen molar-refractivity contribution >= 4 is 17.8 Å². The highest BCUT2D eigenvalue weighted by molar-refractivity contribution is 5.93. The number of aromatic nitrogens is 1. The van der Waals surface area contributed by atoms with Gasteiger partial charge in [-0.3, -0.25) is 14.4 Å². The first-order valence-electron chi connectivity index (χ1n) is 27.9. The fraction of sp³-hybridized carbons (Fsp3) is 0.875. The van der Waals surface area contributed by atoms with E-state index in [4.69, 9.17) is 9.47 Å². The average Bonchev–Trinajstić information content (AvgIpc) is 3.84. The van der Waals surface area contributed by atoms with Crippen LogP contribution >= 0.6 is 0 Å². The van der Waals surface area contributed by atoms with E-state index < -0.39 is 6.10 Å². The summed E-state index contributed by atoms with van der Waals surface area (Å²) in [5.41, 5.74) is 0.635. The quantitative estimate of drug-likeness (QED) is 0.0440. The summed E-state index contributed by atoms with van der Waals surface area (Å²) >= 11 is 0. The molecule has 0 bridgehead atoms. The second-order valence-electron chi connectivity index (χ2n) is 19.9. The van der Waals surface area contributed by atoms with E-state index in [0.29, 0.717) is 44.5 Å². The van der Waals surface area contributed by atoms with E-state index in [1.54, 1.807) is 18.5 Å². The number of aromatic amines is 1. The number of amides is 1. The number of nitrogens with one attached hydrogen (secondary N) is 2. The Morgan fingerprint density at radius 1 is 0.585 bits per heavy atom. The fourth-order valence-electron chi connectivity index (χ4n) is 8.84. The van der Waals surface area contributed by atoms with Crippen molar-refractivity contribution in [3.63, 3.8) is 0 Å². The molecule has 65 heavy (non-hydrogen) atoms. The lowest BCUT2D eigenvalue weighted by Gasteiger charge is -2.25. The van der Waals surface area contributed by atoms with Crippen molar-refractivity contribution < 1.29 is 29.0 Å². The van der Waals surface area contributed by atoms with Gasteiger partial charge in [0.25, 0.3) is 5.91 Å². The maximum Gasteiger partial charge on any atom is 0.306 e. The SMILES string of the molecule is CCCCCCCCC(CCCCCCCC)OC(=O)CCCCCCCN(CCCCCC(=O)OCCCCCCCCCCCC(C)C)CC(O)CCCCNC(=O)c1cc[nH]c1. The minimum atomic E-state index is -0.415. The van der Waals surface area contributed by atoms with Gasteiger partial charge in [-0.05, 0) is 102 Å². The van der Waals surface area contributed by atoms with Crippen molar-refractivity contribution in [1.29, 1.82) is 0 Å². The molecule has 0 spiro atoms. The third kappa shape index (κ3) is 40.4. The molecule has 0 aliphatic carbocycles. The topological polar surface area (TPSA) is 121 Å². The van der Waals surface area contributed by atoms with E-state index in [0.717, 1.165) is 122 Å². The molecule has 0 aliphatic rings. The number of nitrogens with zero attached hydrogens (tertiary/aromatic N) is 1. The lowest BCUT2D eigenvalue weighted by atomic mass is 10.0. The molecule has 3 N–H and O–H groups in total. The van der Waals surface area contributed by atoms with E-state index in [1.807, 2.05) is 0 Å². The summed E-state index contributed by atoms with van der Waals surface area (Å²) < 4.78 is 11.6. The van der Waals surface area contributed by atoms with E-state index in [2.05, 4.69) is 42.9 Å². The Morgan fingerprint density at radius 3 is 1.62 bits per heavy atom. The van der Waals surface area contributed by atoms with Gasteiger partial charge >= 0.3 is 11.9 Å². The molecule has 0 saturated carbocycles. The van der Waals surface area contributed by atoms with Gasteiger partial charge in [0.2, 0.25) is 0 Å². The minimum absolute atomic E-state index is 0.0115. The number of hydrogen-bond donors (Lipinski definition) is 3. The zero-order valence-electron chi connectivity index (χ0n) is 43.1. The van der Waals surface area contributed by atoms with Crippen LogP contribution < -0.4 is 5.32 Å². The van der Waals surface area contributed by atoms with Crippen molar-refractivity contribution in [2.75, 3.05) is 32.8 Å². The number of hydrogen-bond acceptors (Lipinski definition) is 7. The van der Waals surface area contributed by atoms with Crippen molar-refractivity contribution in [2.24, 2.45) is 5.92 Å². The van der Waals surface area contributed by atoms with Crippen molar-refractivity contribution in [3.8, 4) is 0 Å². The summed E-state index contributed by atoms with van der Waals surface area (Å²) in [6.45, 7) is 12.7. The number of esters is 2. The van der Waals surface area contributed by atoms with Crippen LogP contribution in [0.15, 0.2) is 18.5 Å². The highest BCUT2D eigenvalue weighted by Gasteiger charge is 2.16. The Hall–Kier alpha value is -2.39. The maximum atomic E-state index is 12.9. The van der Waals surface area contributed by atoms with Gasteiger partial charge in [0, 0.05) is 38.3 Å². The lowest BCUT2D eigenvalue weighted by Crippen LogP contribution is -2.34. The Labute approximate surface area is 400 Å². The van der Waals surface area contributed by atoms with Crippen LogP contribution in [0.1, 0.15) is 276 Å². The molecule has 380 valence electrons. The Morgan fingerprint density at radius 2 is 1.06 bits per heavy atom. The third-order valence-corrected chi connectivity index (χ3v) is 13.0. The highest BCUT2D eigenvalue weighted by atomic mass is 16.5. The van der Waals surface area contributed by atoms with E-state index >= 15 is 0 Å². The molecule has 9 heteroatoms. The number of rotatable bonds is 49. The number of ether oxygens (including phenoxy) is 2. The molecule has 1 rings (SSSR count). The van der Waals surface area contributed by atoms with Gasteiger partial charge in [-0.25, -0.2) is 0 Å². The number of carbonyl (C=O) groups is 3. The first kappa shape index (κ1) is 60.6. The summed E-state index contributed by atoms with van der Waals surface area (Å²) in [6, 6.07) is 1.77. The monoisotopic (exact) mass is 916 g/mol. The van der Waals surface area contributed by atoms with Crippen molar-refractivity contribution in [1.82, 2.24) is 15.2 Å². The number of aliphatic hydroxyl groups excluding tert-OH is 1. The standard InChI is InChI=1S/C56H105N3O6/c1-5-7-9-11-20-27-38-53(39-28-21-12-10-8-6-2)65-55(62)41-29-22-18-23-33-45-59(49-52(60)37-31-32-43-58-56(63)51-42-44-57-48-51)46-34-25-30-40-54(61)64-47-35-24-17-15-13-14-16-19-26-36-50(3)4/h42,44,48,50,52-53,57,60H,5-41,43,45-47,49H2,1-4H3,(H,58,63). The largest absolute Gasteiger partial charge is 0.466 e. The zero-order valence-corrected chi connectivity index (χ0v) is 43.1. The molecule has 0 fully saturated rings. The van der Waals surface area contributed by atoms with Crippen molar-refractivity contribution in [3.05, 3.63) is 24.0 Å². The van der Waals surface area contributed by atoms with E-state index in [-0.39, 0.29) is 23.9 Å². The van der Waals surface area contributed by atoms with Crippen molar-refractivity contribution in [2.45, 2.75) is 277 Å². The predicted octanol–water partition coefficient (Wildman–Crippen LogP) is 15.0. The predicted molar refractivity (Wildman–Crippen MR) is 273 cm³/mol. The zero-order chi connectivity index (χ0) is 47.3. The average molecular weight is 916 g/mol. The molecular formula is C56H105N3O6. The van der Waals surface area contributed by atoms with Crippen LogP contribution in [0.3, 0.4) is 0 Å². The van der Waals surface area contributed by atoms with Crippen LogP contribution in [0.5, 0.6) is 0 Å². The summed E-state index contributed by atoms with van der Waals surface area (Å²) in [4.78, 5) is 42.8. The summed E-state index contributed by atoms with van der Waals surface area (Å²) in [5, 5.41) is 14.0. The Kier molecular flexibility index (Phi) is 42.3. The fourth-order valence-corrected chi connectivity index (χ4v) is 8.84. The normalized spacial score (nSPS) is 12.1. The van der Waals surface area contributed by atoms with Crippen LogP contribution in [0, 0.1) is 5.92 Å². The van der Waals surface area contributed by atoms with Gasteiger partial charge in [-0.15, -0.1) is 0 Å².